The van der Waals surface area contributed by atoms with Crippen molar-refractivity contribution in [2.45, 2.75) is 26.4 Å². The van der Waals surface area contributed by atoms with Gasteiger partial charge in [-0.1, -0.05) is 36.4 Å². The average Bonchev–Trinajstić information content (AvgIpc) is 3.12. The summed E-state index contributed by atoms with van der Waals surface area (Å²) in [7, 11) is 0. The minimum Gasteiger partial charge on any atom is -0.366 e. The van der Waals surface area contributed by atoms with Gasteiger partial charge in [0, 0.05) is 24.5 Å². The Morgan fingerprint density at radius 1 is 1.06 bits per heavy atom. The zero-order chi connectivity index (χ0) is 23.8. The number of carbonyl (C=O) groups is 2. The highest BCUT2D eigenvalue weighted by molar-refractivity contribution is 5.95. The monoisotopic (exact) mass is 458 g/mol. The van der Waals surface area contributed by atoms with Gasteiger partial charge in [-0.2, -0.15) is 0 Å². The Balaban J connectivity index is 1.33. The van der Waals surface area contributed by atoms with Crippen LogP contribution < -0.4 is 15.6 Å². The van der Waals surface area contributed by atoms with E-state index in [-0.39, 0.29) is 36.1 Å². The van der Waals surface area contributed by atoms with E-state index in [1.165, 1.54) is 17.1 Å². The van der Waals surface area contributed by atoms with Crippen LogP contribution in [0.2, 0.25) is 0 Å². The van der Waals surface area contributed by atoms with Crippen LogP contribution in [0, 0.1) is 25.6 Å². The summed E-state index contributed by atoms with van der Waals surface area (Å²) in [4.78, 5) is 28.1. The van der Waals surface area contributed by atoms with Gasteiger partial charge < -0.3 is 10.2 Å². The van der Waals surface area contributed by atoms with Crippen LogP contribution >= 0.6 is 0 Å². The van der Waals surface area contributed by atoms with Crippen molar-refractivity contribution < 1.29 is 14.0 Å². The van der Waals surface area contributed by atoms with Crippen LogP contribution in [0.1, 0.15) is 28.3 Å². The molecule has 7 heteroatoms. The van der Waals surface area contributed by atoms with Gasteiger partial charge in [-0.3, -0.25) is 14.6 Å². The van der Waals surface area contributed by atoms with Crippen molar-refractivity contribution in [2.75, 3.05) is 23.3 Å². The summed E-state index contributed by atoms with van der Waals surface area (Å²) >= 11 is 0. The largest absolute Gasteiger partial charge is 0.366 e. The summed E-state index contributed by atoms with van der Waals surface area (Å²) in [6.07, 6.45) is 0. The smallest absolute Gasteiger partial charge is 0.245 e. The lowest BCUT2D eigenvalue weighted by Gasteiger charge is -2.36. The minimum atomic E-state index is -0.335. The predicted molar refractivity (Wildman–Crippen MR) is 130 cm³/mol. The topological polar surface area (TPSA) is 64.7 Å². The third kappa shape index (κ3) is 4.26. The first-order chi connectivity index (χ1) is 16.4. The number of aryl methyl sites for hydroxylation is 2. The molecule has 0 aliphatic carbocycles. The Labute approximate surface area is 198 Å². The van der Waals surface area contributed by atoms with Crippen LogP contribution in [0.4, 0.5) is 15.8 Å². The maximum atomic E-state index is 13.7. The van der Waals surface area contributed by atoms with Gasteiger partial charge in [0.2, 0.25) is 11.8 Å². The number of carbonyl (C=O) groups excluding carboxylic acids is 2. The molecular formula is C27H27FN4O2. The molecule has 2 amide bonds. The summed E-state index contributed by atoms with van der Waals surface area (Å²) in [5, 5.41) is 4.31. The number of hydrogen-bond donors (Lipinski definition) is 2. The molecule has 2 unspecified atom stereocenters. The average molecular weight is 459 g/mol. The molecule has 0 saturated carbocycles. The molecule has 0 bridgehead atoms. The van der Waals surface area contributed by atoms with E-state index in [0.717, 1.165) is 27.9 Å². The highest BCUT2D eigenvalue weighted by Gasteiger charge is 2.46. The summed E-state index contributed by atoms with van der Waals surface area (Å²) in [6.45, 7) is 4.92. The molecule has 0 radical (unpaired) electrons. The van der Waals surface area contributed by atoms with Gasteiger partial charge in [0.25, 0.3) is 0 Å². The third-order valence-electron chi connectivity index (χ3n) is 6.66. The summed E-state index contributed by atoms with van der Waals surface area (Å²) in [6, 6.07) is 20.0. The van der Waals surface area contributed by atoms with E-state index in [1.807, 2.05) is 62.4 Å². The van der Waals surface area contributed by atoms with Gasteiger partial charge in [-0.25, -0.2) is 9.82 Å². The van der Waals surface area contributed by atoms with Gasteiger partial charge in [0.1, 0.15) is 12.4 Å². The number of hydrogen-bond acceptors (Lipinski definition) is 4. The molecule has 0 spiro atoms. The van der Waals surface area contributed by atoms with E-state index in [4.69, 9.17) is 0 Å². The molecule has 174 valence electrons. The van der Waals surface area contributed by atoms with E-state index in [1.54, 1.807) is 6.07 Å². The molecule has 0 aromatic heterocycles. The molecule has 5 rings (SSSR count). The van der Waals surface area contributed by atoms with Crippen LogP contribution in [-0.4, -0.2) is 29.9 Å². The molecular weight excluding hydrogens is 431 g/mol. The zero-order valence-electron chi connectivity index (χ0n) is 19.2. The second kappa shape index (κ2) is 8.91. The Bertz CT molecular complexity index is 1260. The number of amides is 2. The van der Waals surface area contributed by atoms with Crippen molar-refractivity contribution in [2.24, 2.45) is 5.92 Å². The molecule has 1 saturated heterocycles. The molecule has 3 aromatic rings. The van der Waals surface area contributed by atoms with Gasteiger partial charge in [0.15, 0.2) is 0 Å². The molecule has 2 aliphatic heterocycles. The number of nitrogens with zero attached hydrogens (tertiary/aromatic N) is 2. The Morgan fingerprint density at radius 3 is 2.68 bits per heavy atom. The number of nitrogens with one attached hydrogen (secondary N) is 2. The second-order valence-electron chi connectivity index (χ2n) is 9.05. The molecule has 34 heavy (non-hydrogen) atoms. The number of halogens is 1. The Kier molecular flexibility index (Phi) is 5.79. The predicted octanol–water partition coefficient (Wildman–Crippen LogP) is 4.11. The maximum Gasteiger partial charge on any atom is 0.245 e. The lowest BCUT2D eigenvalue weighted by Crippen LogP contribution is -2.41. The first kappa shape index (κ1) is 22.1. The fourth-order valence-corrected chi connectivity index (χ4v) is 4.80. The van der Waals surface area contributed by atoms with E-state index >= 15 is 0 Å². The number of rotatable bonds is 5. The van der Waals surface area contributed by atoms with Crippen molar-refractivity contribution in [3.63, 3.8) is 0 Å². The van der Waals surface area contributed by atoms with Crippen molar-refractivity contribution in [1.29, 1.82) is 0 Å². The minimum absolute atomic E-state index is 0.0786. The summed E-state index contributed by atoms with van der Waals surface area (Å²) in [5.74, 6) is -0.982. The molecule has 1 fully saturated rings. The summed E-state index contributed by atoms with van der Waals surface area (Å²) in [5.41, 5.74) is 9.08. The van der Waals surface area contributed by atoms with Gasteiger partial charge in [0.05, 0.1) is 12.0 Å². The molecule has 2 aliphatic rings. The molecule has 2 atom stereocenters. The number of para-hydroxylation sites is 1. The summed E-state index contributed by atoms with van der Waals surface area (Å²) < 4.78 is 13.7. The van der Waals surface area contributed by atoms with Gasteiger partial charge >= 0.3 is 0 Å². The van der Waals surface area contributed by atoms with E-state index in [0.29, 0.717) is 18.8 Å². The standard InChI is InChI=1S/C27H27FN4O2/c1-17-10-11-21(12-18(17)2)29-25(33)16-32-27(34)23-15-31(14-19-6-5-7-20(28)13-19)24-9-4-3-8-22(24)26(23)30-32/h3-13,23,26,30H,14-16H2,1-2H3,(H,29,33). The second-order valence-corrected chi connectivity index (χ2v) is 9.05. The van der Waals surface area contributed by atoms with Crippen LogP contribution in [0.25, 0.3) is 0 Å². The van der Waals surface area contributed by atoms with Crippen LogP contribution in [0.3, 0.4) is 0 Å². The van der Waals surface area contributed by atoms with E-state index in [9.17, 15) is 14.0 Å². The number of fused-ring (bicyclic) bond motifs is 3. The SMILES string of the molecule is Cc1ccc(NC(=O)CN2NC3c4ccccc4N(Cc4cccc(F)c4)CC3C2=O)cc1C. The van der Waals surface area contributed by atoms with Gasteiger partial charge in [-0.15, -0.1) is 0 Å². The maximum absolute atomic E-state index is 13.7. The van der Waals surface area contributed by atoms with E-state index < -0.39 is 0 Å². The van der Waals surface area contributed by atoms with Crippen LogP contribution in [0.5, 0.6) is 0 Å². The van der Waals surface area contributed by atoms with E-state index in [2.05, 4.69) is 15.6 Å². The number of anilines is 2. The van der Waals surface area contributed by atoms with Crippen LogP contribution in [-0.2, 0) is 16.1 Å². The fraction of sp³-hybridized carbons (Fsp3) is 0.259. The van der Waals surface area contributed by atoms with Gasteiger partial charge in [-0.05, 0) is 66.4 Å². The van der Waals surface area contributed by atoms with Crippen molar-refractivity contribution >= 4 is 23.2 Å². The van der Waals surface area contributed by atoms with Crippen molar-refractivity contribution in [1.82, 2.24) is 10.4 Å². The first-order valence-corrected chi connectivity index (χ1v) is 11.4. The van der Waals surface area contributed by atoms with Crippen molar-refractivity contribution in [3.8, 4) is 0 Å². The third-order valence-corrected chi connectivity index (χ3v) is 6.66. The lowest BCUT2D eigenvalue weighted by molar-refractivity contribution is -0.135. The Morgan fingerprint density at radius 2 is 1.88 bits per heavy atom. The number of benzene rings is 3. The fourth-order valence-electron chi connectivity index (χ4n) is 4.80. The van der Waals surface area contributed by atoms with Crippen molar-refractivity contribution in [3.05, 3.63) is 94.8 Å². The first-order valence-electron chi connectivity index (χ1n) is 11.4. The zero-order valence-corrected chi connectivity index (χ0v) is 19.2. The number of hydrazine groups is 1. The molecule has 3 aromatic carbocycles. The lowest BCUT2D eigenvalue weighted by atomic mass is 9.88. The Hall–Kier alpha value is -3.71. The molecule has 6 nitrogen and oxygen atoms in total. The van der Waals surface area contributed by atoms with Crippen LogP contribution in [0.15, 0.2) is 66.7 Å². The molecule has 2 N–H and O–H groups in total. The quantitative estimate of drug-likeness (QED) is 0.604. The normalized spacial score (nSPS) is 19.1. The highest BCUT2D eigenvalue weighted by Crippen LogP contribution is 2.41. The molecule has 2 heterocycles. The highest BCUT2D eigenvalue weighted by atomic mass is 19.1.